The number of hydrogen-bond donors (Lipinski definition) is 1. The van der Waals surface area contributed by atoms with Crippen LogP contribution in [0.4, 0.5) is 5.69 Å². The van der Waals surface area contributed by atoms with E-state index in [1.165, 1.54) is 4.31 Å². The summed E-state index contributed by atoms with van der Waals surface area (Å²) in [6.45, 7) is 0.215. The number of nitrogens with zero attached hydrogens (tertiary/aromatic N) is 2. The summed E-state index contributed by atoms with van der Waals surface area (Å²) in [7, 11) is -3.48. The van der Waals surface area contributed by atoms with Crippen LogP contribution >= 0.6 is 0 Å². The number of carbonyl (C=O) groups is 1. The SMILES string of the molecule is CS(=O)(=O)N(Cc1ccccc1)c1ccc(C(=O)N/N=C/c2ccccc2)cc1. The Bertz CT molecular complexity index is 1080. The second-order valence-corrected chi connectivity index (χ2v) is 8.32. The topological polar surface area (TPSA) is 78.8 Å². The summed E-state index contributed by atoms with van der Waals surface area (Å²) in [4.78, 5) is 12.2. The number of benzene rings is 3. The van der Waals surface area contributed by atoms with Gasteiger partial charge in [-0.1, -0.05) is 60.7 Å². The summed E-state index contributed by atoms with van der Waals surface area (Å²) < 4.78 is 25.8. The molecule has 1 amide bonds. The molecule has 0 radical (unpaired) electrons. The van der Waals surface area contributed by atoms with Crippen molar-refractivity contribution in [2.24, 2.45) is 5.10 Å². The summed E-state index contributed by atoms with van der Waals surface area (Å²) in [6, 6.07) is 25.1. The van der Waals surface area contributed by atoms with Gasteiger partial charge in [-0.3, -0.25) is 9.10 Å². The number of carbonyl (C=O) groups excluding carboxylic acids is 1. The average molecular weight is 407 g/mol. The molecule has 3 aromatic carbocycles. The quantitative estimate of drug-likeness (QED) is 0.481. The number of amides is 1. The molecule has 0 saturated heterocycles. The lowest BCUT2D eigenvalue weighted by Gasteiger charge is -2.22. The maximum absolute atomic E-state index is 12.3. The fourth-order valence-electron chi connectivity index (χ4n) is 2.70. The molecule has 3 aromatic rings. The highest BCUT2D eigenvalue weighted by Gasteiger charge is 2.18. The zero-order chi connectivity index (χ0) is 20.7. The Morgan fingerprint density at radius 2 is 1.52 bits per heavy atom. The normalized spacial score (nSPS) is 11.3. The minimum absolute atomic E-state index is 0.215. The van der Waals surface area contributed by atoms with Crippen molar-refractivity contribution in [2.75, 3.05) is 10.6 Å². The van der Waals surface area contributed by atoms with Crippen LogP contribution in [0.25, 0.3) is 0 Å². The van der Waals surface area contributed by atoms with E-state index in [1.54, 1.807) is 30.5 Å². The standard InChI is InChI=1S/C22H21N3O3S/c1-29(27,28)25(17-19-10-6-3-7-11-19)21-14-12-20(13-15-21)22(26)24-23-16-18-8-4-2-5-9-18/h2-16H,17H2,1H3,(H,24,26)/b23-16+. The average Bonchev–Trinajstić information content (AvgIpc) is 2.73. The van der Waals surface area contributed by atoms with Crippen molar-refractivity contribution < 1.29 is 13.2 Å². The Kier molecular flexibility index (Phi) is 6.41. The van der Waals surface area contributed by atoms with Gasteiger partial charge in [-0.25, -0.2) is 13.8 Å². The first-order valence-corrected chi connectivity index (χ1v) is 10.8. The van der Waals surface area contributed by atoms with Crippen molar-refractivity contribution in [3.63, 3.8) is 0 Å². The van der Waals surface area contributed by atoms with E-state index in [4.69, 9.17) is 0 Å². The van der Waals surface area contributed by atoms with Crippen LogP contribution in [-0.2, 0) is 16.6 Å². The summed E-state index contributed by atoms with van der Waals surface area (Å²) in [6.07, 6.45) is 2.71. The third-order valence-corrected chi connectivity index (χ3v) is 5.31. The van der Waals surface area contributed by atoms with Crippen molar-refractivity contribution in [2.45, 2.75) is 6.54 Å². The van der Waals surface area contributed by atoms with Crippen LogP contribution in [0, 0.1) is 0 Å². The van der Waals surface area contributed by atoms with Crippen LogP contribution in [0.2, 0.25) is 0 Å². The van der Waals surface area contributed by atoms with E-state index in [0.29, 0.717) is 11.3 Å². The molecule has 148 valence electrons. The van der Waals surface area contributed by atoms with Crippen LogP contribution in [0.3, 0.4) is 0 Å². The third kappa shape index (κ3) is 5.76. The summed E-state index contributed by atoms with van der Waals surface area (Å²) in [5.41, 5.74) is 5.07. The van der Waals surface area contributed by atoms with Crippen molar-refractivity contribution in [1.29, 1.82) is 0 Å². The van der Waals surface area contributed by atoms with Crippen molar-refractivity contribution >= 4 is 27.8 Å². The minimum atomic E-state index is -3.48. The van der Waals surface area contributed by atoms with E-state index < -0.39 is 10.0 Å². The lowest BCUT2D eigenvalue weighted by atomic mass is 10.2. The Labute approximate surface area is 170 Å². The van der Waals surface area contributed by atoms with Gasteiger partial charge in [0.05, 0.1) is 24.7 Å². The molecular formula is C22H21N3O3S. The van der Waals surface area contributed by atoms with Crippen LogP contribution in [0.5, 0.6) is 0 Å². The fraction of sp³-hybridized carbons (Fsp3) is 0.0909. The van der Waals surface area contributed by atoms with Gasteiger partial charge in [-0.15, -0.1) is 0 Å². The van der Waals surface area contributed by atoms with Crippen molar-refractivity contribution in [1.82, 2.24) is 5.43 Å². The molecule has 29 heavy (non-hydrogen) atoms. The fourth-order valence-corrected chi connectivity index (χ4v) is 3.59. The van der Waals surface area contributed by atoms with Crippen LogP contribution in [0.1, 0.15) is 21.5 Å². The Balaban J connectivity index is 1.71. The van der Waals surface area contributed by atoms with E-state index in [9.17, 15) is 13.2 Å². The second-order valence-electron chi connectivity index (χ2n) is 6.41. The van der Waals surface area contributed by atoms with Crippen LogP contribution in [0.15, 0.2) is 90.0 Å². The molecule has 3 rings (SSSR count). The Morgan fingerprint density at radius 3 is 2.10 bits per heavy atom. The molecule has 0 aliphatic rings. The first-order chi connectivity index (χ1) is 13.9. The zero-order valence-corrected chi connectivity index (χ0v) is 16.7. The van der Waals surface area contributed by atoms with Gasteiger partial charge in [0.1, 0.15) is 0 Å². The molecule has 0 spiro atoms. The molecule has 0 fully saturated rings. The van der Waals surface area contributed by atoms with E-state index >= 15 is 0 Å². The highest BCUT2D eigenvalue weighted by atomic mass is 32.2. The van der Waals surface area contributed by atoms with E-state index in [1.807, 2.05) is 60.7 Å². The molecule has 7 heteroatoms. The zero-order valence-electron chi connectivity index (χ0n) is 15.9. The van der Waals surface area contributed by atoms with Gasteiger partial charge in [0, 0.05) is 5.56 Å². The molecule has 0 heterocycles. The largest absolute Gasteiger partial charge is 0.271 e. The Hall–Kier alpha value is -3.45. The molecule has 0 unspecified atom stereocenters. The molecule has 6 nitrogen and oxygen atoms in total. The molecule has 0 aliphatic carbocycles. The van der Waals surface area contributed by atoms with E-state index in [-0.39, 0.29) is 12.5 Å². The monoisotopic (exact) mass is 407 g/mol. The number of nitrogens with one attached hydrogen (secondary N) is 1. The molecule has 0 atom stereocenters. The van der Waals surface area contributed by atoms with Gasteiger partial charge in [-0.05, 0) is 35.4 Å². The minimum Gasteiger partial charge on any atom is -0.267 e. The number of hydrazone groups is 1. The highest BCUT2D eigenvalue weighted by molar-refractivity contribution is 7.92. The summed E-state index contributed by atoms with van der Waals surface area (Å²) >= 11 is 0. The maximum Gasteiger partial charge on any atom is 0.271 e. The highest BCUT2D eigenvalue weighted by Crippen LogP contribution is 2.21. The third-order valence-electron chi connectivity index (χ3n) is 4.17. The van der Waals surface area contributed by atoms with Crippen molar-refractivity contribution in [3.05, 3.63) is 102 Å². The van der Waals surface area contributed by atoms with Gasteiger partial charge >= 0.3 is 0 Å². The van der Waals surface area contributed by atoms with Crippen molar-refractivity contribution in [3.8, 4) is 0 Å². The van der Waals surface area contributed by atoms with Crippen LogP contribution < -0.4 is 9.73 Å². The maximum atomic E-state index is 12.3. The van der Waals surface area contributed by atoms with E-state index in [2.05, 4.69) is 10.5 Å². The first kappa shape index (κ1) is 20.3. The van der Waals surface area contributed by atoms with Gasteiger partial charge in [0.15, 0.2) is 0 Å². The molecule has 0 bridgehead atoms. The number of hydrogen-bond acceptors (Lipinski definition) is 4. The predicted octanol–water partition coefficient (Wildman–Crippen LogP) is 3.42. The summed E-state index contributed by atoms with van der Waals surface area (Å²) in [5.74, 6) is -0.377. The molecule has 1 N–H and O–H groups in total. The molecule has 0 aliphatic heterocycles. The second kappa shape index (κ2) is 9.16. The lowest BCUT2D eigenvalue weighted by molar-refractivity contribution is 0.0955. The molecule has 0 aromatic heterocycles. The van der Waals surface area contributed by atoms with E-state index in [0.717, 1.165) is 17.4 Å². The molecular weight excluding hydrogens is 386 g/mol. The number of sulfonamides is 1. The summed E-state index contributed by atoms with van der Waals surface area (Å²) in [5, 5.41) is 3.94. The van der Waals surface area contributed by atoms with Gasteiger partial charge in [-0.2, -0.15) is 5.10 Å². The molecule has 0 saturated carbocycles. The van der Waals surface area contributed by atoms with Crippen LogP contribution in [-0.4, -0.2) is 26.8 Å². The predicted molar refractivity (Wildman–Crippen MR) is 115 cm³/mol. The smallest absolute Gasteiger partial charge is 0.267 e. The number of anilines is 1. The van der Waals surface area contributed by atoms with Gasteiger partial charge in [0.25, 0.3) is 5.91 Å². The van der Waals surface area contributed by atoms with Gasteiger partial charge in [0.2, 0.25) is 10.0 Å². The number of rotatable bonds is 7. The first-order valence-electron chi connectivity index (χ1n) is 8.93. The Morgan fingerprint density at radius 1 is 0.931 bits per heavy atom. The van der Waals surface area contributed by atoms with Gasteiger partial charge < -0.3 is 0 Å². The lowest BCUT2D eigenvalue weighted by Crippen LogP contribution is -2.29.